The van der Waals surface area contributed by atoms with E-state index in [0.717, 1.165) is 17.7 Å². The fraction of sp³-hybridized carbons (Fsp3) is 0.176. The summed E-state index contributed by atoms with van der Waals surface area (Å²) in [5.41, 5.74) is 2.65. The first kappa shape index (κ1) is 13.2. The summed E-state index contributed by atoms with van der Waals surface area (Å²) in [6, 6.07) is 18.5. The summed E-state index contributed by atoms with van der Waals surface area (Å²) in [5, 5.41) is 25.7. The number of hydrogen-bond donors (Lipinski definition) is 1. The molecule has 2 aromatic rings. The third-order valence-electron chi connectivity index (χ3n) is 3.59. The lowest BCUT2D eigenvalue weighted by molar-refractivity contribution is 0.269. The Hall–Kier alpha value is -2.80. The van der Waals surface area contributed by atoms with Crippen molar-refractivity contribution in [3.05, 3.63) is 65.7 Å². The minimum Gasteiger partial charge on any atom is -0.508 e. The predicted molar refractivity (Wildman–Crippen MR) is 80.8 cm³/mol. The zero-order chi connectivity index (χ0) is 14.7. The van der Waals surface area contributed by atoms with Gasteiger partial charge in [0.2, 0.25) is 0 Å². The van der Waals surface area contributed by atoms with Crippen LogP contribution in [0, 0.1) is 11.3 Å². The molecule has 104 valence electrons. The van der Waals surface area contributed by atoms with Gasteiger partial charge < -0.3 is 5.11 Å². The summed E-state index contributed by atoms with van der Waals surface area (Å²) in [4.78, 5) is 0. The average molecular weight is 277 g/mol. The van der Waals surface area contributed by atoms with Gasteiger partial charge >= 0.3 is 0 Å². The maximum absolute atomic E-state index is 9.93. The fourth-order valence-electron chi connectivity index (χ4n) is 2.51. The molecular weight excluding hydrogens is 262 g/mol. The molecule has 0 saturated heterocycles. The van der Waals surface area contributed by atoms with Crippen LogP contribution in [0.4, 0.5) is 0 Å². The van der Waals surface area contributed by atoms with Gasteiger partial charge in [0.25, 0.3) is 0 Å². The number of nitriles is 1. The molecule has 1 N–H and O–H groups in total. The van der Waals surface area contributed by atoms with Gasteiger partial charge in [-0.15, -0.1) is 0 Å². The van der Waals surface area contributed by atoms with Gasteiger partial charge in [0.05, 0.1) is 11.8 Å². The number of benzene rings is 2. The van der Waals surface area contributed by atoms with Gasteiger partial charge in [-0.1, -0.05) is 48.5 Å². The number of hydrogen-bond acceptors (Lipinski definition) is 4. The highest BCUT2D eigenvalue weighted by molar-refractivity contribution is 6.01. The van der Waals surface area contributed by atoms with Crippen LogP contribution in [0.15, 0.2) is 59.7 Å². The van der Waals surface area contributed by atoms with Gasteiger partial charge in [0.1, 0.15) is 5.75 Å². The lowest BCUT2D eigenvalue weighted by atomic mass is 10.1. The molecule has 0 aromatic heterocycles. The smallest absolute Gasteiger partial charge is 0.162 e. The normalized spacial score (nSPS) is 15.4. The monoisotopic (exact) mass is 277 g/mol. The Kier molecular flexibility index (Phi) is 3.57. The molecule has 0 radical (unpaired) electrons. The zero-order valence-electron chi connectivity index (χ0n) is 11.5. The molecule has 0 aliphatic carbocycles. The maximum atomic E-state index is 9.93. The van der Waals surface area contributed by atoms with E-state index in [1.807, 2.05) is 36.4 Å². The quantitative estimate of drug-likeness (QED) is 0.938. The standard InChI is InChI=1S/C17H15N3O/c18-12-16(14-8-4-5-9-17(14)21)20-11-10-15(19-20)13-6-2-1-3-7-13/h1-9,16,21H,10-11H2. The van der Waals surface area contributed by atoms with Crippen LogP contribution in [0.25, 0.3) is 0 Å². The molecule has 0 amide bonds. The maximum Gasteiger partial charge on any atom is 0.162 e. The van der Waals surface area contributed by atoms with E-state index in [1.165, 1.54) is 0 Å². The van der Waals surface area contributed by atoms with E-state index in [1.54, 1.807) is 23.2 Å². The number of hydrazone groups is 1. The molecule has 4 heteroatoms. The van der Waals surface area contributed by atoms with E-state index in [0.29, 0.717) is 12.1 Å². The first-order chi connectivity index (χ1) is 10.3. The number of phenols is 1. The summed E-state index contributed by atoms with van der Waals surface area (Å²) in [6.45, 7) is 0.677. The summed E-state index contributed by atoms with van der Waals surface area (Å²) >= 11 is 0. The first-order valence-electron chi connectivity index (χ1n) is 6.86. The van der Waals surface area contributed by atoms with Crippen LogP contribution in [-0.2, 0) is 0 Å². The Morgan fingerprint density at radius 3 is 2.52 bits per heavy atom. The van der Waals surface area contributed by atoms with Crippen molar-refractivity contribution in [1.29, 1.82) is 5.26 Å². The van der Waals surface area contributed by atoms with Gasteiger partial charge in [-0.25, -0.2) is 0 Å². The number of aromatic hydroxyl groups is 1. The molecule has 0 spiro atoms. The molecular formula is C17H15N3O. The number of phenolic OH excluding ortho intramolecular Hbond substituents is 1. The molecule has 0 saturated carbocycles. The lowest BCUT2D eigenvalue weighted by Gasteiger charge is -2.20. The second-order valence-corrected chi connectivity index (χ2v) is 4.92. The zero-order valence-corrected chi connectivity index (χ0v) is 11.5. The predicted octanol–water partition coefficient (Wildman–Crippen LogP) is 3.07. The summed E-state index contributed by atoms with van der Waals surface area (Å²) in [6.07, 6.45) is 0.801. The molecule has 1 unspecified atom stereocenters. The SMILES string of the molecule is N#CC(c1ccccc1O)N1CCC(c2ccccc2)=N1. The minimum atomic E-state index is -0.563. The molecule has 0 bridgehead atoms. The molecule has 1 aliphatic rings. The highest BCUT2D eigenvalue weighted by atomic mass is 16.3. The third kappa shape index (κ3) is 2.59. The van der Waals surface area contributed by atoms with Crippen LogP contribution < -0.4 is 0 Å². The Morgan fingerprint density at radius 2 is 1.81 bits per heavy atom. The lowest BCUT2D eigenvalue weighted by Crippen LogP contribution is -2.20. The molecule has 21 heavy (non-hydrogen) atoms. The van der Waals surface area contributed by atoms with Crippen LogP contribution in [0.1, 0.15) is 23.6 Å². The molecule has 0 fully saturated rings. The van der Waals surface area contributed by atoms with Crippen LogP contribution in [0.2, 0.25) is 0 Å². The minimum absolute atomic E-state index is 0.132. The van der Waals surface area contributed by atoms with Crippen molar-refractivity contribution in [1.82, 2.24) is 5.01 Å². The van der Waals surface area contributed by atoms with Gasteiger partial charge in [-0.2, -0.15) is 10.4 Å². The van der Waals surface area contributed by atoms with Crippen molar-refractivity contribution < 1.29 is 5.11 Å². The van der Waals surface area contributed by atoms with Gasteiger partial charge in [0, 0.05) is 18.5 Å². The van der Waals surface area contributed by atoms with Crippen molar-refractivity contribution in [2.45, 2.75) is 12.5 Å². The second-order valence-electron chi connectivity index (χ2n) is 4.92. The topological polar surface area (TPSA) is 59.6 Å². The van der Waals surface area contributed by atoms with Crippen molar-refractivity contribution >= 4 is 5.71 Å². The van der Waals surface area contributed by atoms with Crippen LogP contribution in [0.5, 0.6) is 5.75 Å². The highest BCUT2D eigenvalue weighted by Crippen LogP contribution is 2.30. The summed E-state index contributed by atoms with van der Waals surface area (Å²) in [5.74, 6) is 0.132. The fourth-order valence-corrected chi connectivity index (χ4v) is 2.51. The van der Waals surface area contributed by atoms with Crippen molar-refractivity contribution in [3.8, 4) is 11.8 Å². The van der Waals surface area contributed by atoms with Crippen molar-refractivity contribution in [3.63, 3.8) is 0 Å². The van der Waals surface area contributed by atoms with E-state index in [-0.39, 0.29) is 5.75 Å². The van der Waals surface area contributed by atoms with Crippen LogP contribution >= 0.6 is 0 Å². The van der Waals surface area contributed by atoms with E-state index in [9.17, 15) is 10.4 Å². The van der Waals surface area contributed by atoms with Crippen LogP contribution in [-0.4, -0.2) is 22.4 Å². The largest absolute Gasteiger partial charge is 0.508 e. The van der Waals surface area contributed by atoms with Gasteiger partial charge in [-0.3, -0.25) is 5.01 Å². The molecule has 2 aromatic carbocycles. The molecule has 4 nitrogen and oxygen atoms in total. The Balaban J connectivity index is 1.89. The Bertz CT molecular complexity index is 703. The molecule has 3 rings (SSSR count). The summed E-state index contributed by atoms with van der Waals surface area (Å²) < 4.78 is 0. The number of nitrogens with zero attached hydrogens (tertiary/aromatic N) is 3. The summed E-state index contributed by atoms with van der Waals surface area (Å²) in [7, 11) is 0. The molecule has 1 aliphatic heterocycles. The van der Waals surface area contributed by atoms with E-state index >= 15 is 0 Å². The number of para-hydroxylation sites is 1. The third-order valence-corrected chi connectivity index (χ3v) is 3.59. The molecule has 1 atom stereocenters. The molecule has 1 heterocycles. The number of rotatable bonds is 3. The Morgan fingerprint density at radius 1 is 1.10 bits per heavy atom. The van der Waals surface area contributed by atoms with E-state index in [2.05, 4.69) is 11.2 Å². The van der Waals surface area contributed by atoms with Crippen molar-refractivity contribution in [2.75, 3.05) is 6.54 Å². The van der Waals surface area contributed by atoms with Gasteiger partial charge in [0.15, 0.2) is 6.04 Å². The second kappa shape index (κ2) is 5.68. The first-order valence-corrected chi connectivity index (χ1v) is 6.86. The Labute approximate surface area is 123 Å². The van der Waals surface area contributed by atoms with Gasteiger partial charge in [-0.05, 0) is 11.6 Å². The van der Waals surface area contributed by atoms with E-state index < -0.39 is 6.04 Å². The average Bonchev–Trinajstić information content (AvgIpc) is 3.00. The van der Waals surface area contributed by atoms with Crippen LogP contribution in [0.3, 0.4) is 0 Å². The highest BCUT2D eigenvalue weighted by Gasteiger charge is 2.26. The van der Waals surface area contributed by atoms with Crippen molar-refractivity contribution in [2.24, 2.45) is 5.10 Å². The van der Waals surface area contributed by atoms with E-state index in [4.69, 9.17) is 0 Å².